The van der Waals surface area contributed by atoms with Gasteiger partial charge in [-0.1, -0.05) is 63.4 Å². The summed E-state index contributed by atoms with van der Waals surface area (Å²) in [6, 6.07) is 13.7. The lowest BCUT2D eigenvalue weighted by Crippen LogP contribution is -2.13. The fourth-order valence-corrected chi connectivity index (χ4v) is 2.86. The lowest BCUT2D eigenvalue weighted by Gasteiger charge is -2.16. The first-order chi connectivity index (χ1) is 8.09. The molecule has 0 bridgehead atoms. The third-order valence-electron chi connectivity index (χ3n) is 2.71. The molecule has 1 atom stereocenters. The second-order valence-corrected chi connectivity index (χ2v) is 5.29. The van der Waals surface area contributed by atoms with E-state index in [0.717, 1.165) is 15.6 Å². The first kappa shape index (κ1) is 12.6. The summed E-state index contributed by atoms with van der Waals surface area (Å²) in [7, 11) is 0. The van der Waals surface area contributed by atoms with Gasteiger partial charge < -0.3 is 5.73 Å². The van der Waals surface area contributed by atoms with Crippen molar-refractivity contribution in [3.05, 3.63) is 68.7 Å². The van der Waals surface area contributed by atoms with Crippen molar-refractivity contribution in [2.24, 2.45) is 5.73 Å². The van der Waals surface area contributed by atoms with E-state index in [0.29, 0.717) is 5.02 Å². The van der Waals surface area contributed by atoms with Crippen LogP contribution in [0.25, 0.3) is 0 Å². The molecule has 0 saturated carbocycles. The summed E-state index contributed by atoms with van der Waals surface area (Å²) < 4.78 is 0.944. The van der Waals surface area contributed by atoms with E-state index in [-0.39, 0.29) is 6.04 Å². The highest BCUT2D eigenvalue weighted by Gasteiger charge is 2.15. The Balaban J connectivity index is 2.47. The van der Waals surface area contributed by atoms with Gasteiger partial charge in [0.15, 0.2) is 0 Å². The van der Waals surface area contributed by atoms with Crippen LogP contribution in [0.2, 0.25) is 5.02 Å². The minimum atomic E-state index is -0.210. The molecule has 1 unspecified atom stereocenters. The molecule has 0 fully saturated rings. The van der Waals surface area contributed by atoms with Crippen molar-refractivity contribution < 1.29 is 0 Å². The summed E-state index contributed by atoms with van der Waals surface area (Å²) in [4.78, 5) is 0. The summed E-state index contributed by atoms with van der Waals surface area (Å²) in [6.45, 7) is 2.05. The molecule has 2 aromatic carbocycles. The van der Waals surface area contributed by atoms with E-state index < -0.39 is 0 Å². The van der Waals surface area contributed by atoms with E-state index in [1.165, 1.54) is 5.56 Å². The van der Waals surface area contributed by atoms with E-state index in [4.69, 9.17) is 17.3 Å². The van der Waals surface area contributed by atoms with E-state index in [1.54, 1.807) is 0 Å². The van der Waals surface area contributed by atoms with Crippen LogP contribution < -0.4 is 5.73 Å². The second kappa shape index (κ2) is 5.21. The third-order valence-corrected chi connectivity index (χ3v) is 3.73. The predicted molar refractivity (Wildman–Crippen MR) is 76.4 cm³/mol. The van der Waals surface area contributed by atoms with Crippen molar-refractivity contribution in [1.82, 2.24) is 0 Å². The van der Waals surface area contributed by atoms with Gasteiger partial charge in [-0.05, 0) is 24.6 Å². The Kier molecular flexibility index (Phi) is 3.87. The summed E-state index contributed by atoms with van der Waals surface area (Å²) in [5, 5.41) is 0.688. The first-order valence-corrected chi connectivity index (χ1v) is 6.52. The number of benzene rings is 2. The van der Waals surface area contributed by atoms with Gasteiger partial charge in [-0.3, -0.25) is 0 Å². The smallest absolute Gasteiger partial charge is 0.0577 e. The Morgan fingerprint density at radius 3 is 2.53 bits per heavy atom. The number of rotatable bonds is 2. The summed E-state index contributed by atoms with van der Waals surface area (Å²) in [6.07, 6.45) is 0. The third kappa shape index (κ3) is 2.71. The molecule has 0 saturated heterocycles. The fourth-order valence-electron chi connectivity index (χ4n) is 1.84. The van der Waals surface area contributed by atoms with Crippen molar-refractivity contribution in [1.29, 1.82) is 0 Å². The molecule has 1 nitrogen and oxygen atoms in total. The lowest BCUT2D eigenvalue weighted by molar-refractivity contribution is 0.864. The Hall–Kier alpha value is -0.830. The van der Waals surface area contributed by atoms with Crippen LogP contribution in [0, 0.1) is 6.92 Å². The SMILES string of the molecule is Cc1cccc(C(N)c2c(Cl)cccc2Br)c1. The molecule has 0 aliphatic carbocycles. The topological polar surface area (TPSA) is 26.0 Å². The minimum absolute atomic E-state index is 0.210. The van der Waals surface area contributed by atoms with Crippen molar-refractivity contribution in [3.8, 4) is 0 Å². The number of nitrogens with two attached hydrogens (primary N) is 1. The molecule has 2 aromatic rings. The lowest BCUT2D eigenvalue weighted by atomic mass is 9.98. The van der Waals surface area contributed by atoms with Crippen molar-refractivity contribution in [2.45, 2.75) is 13.0 Å². The number of hydrogen-bond acceptors (Lipinski definition) is 1. The van der Waals surface area contributed by atoms with E-state index in [9.17, 15) is 0 Å². The number of hydrogen-bond donors (Lipinski definition) is 1. The maximum atomic E-state index is 6.27. The van der Waals surface area contributed by atoms with Gasteiger partial charge in [0.05, 0.1) is 6.04 Å². The van der Waals surface area contributed by atoms with E-state index >= 15 is 0 Å². The van der Waals surface area contributed by atoms with Gasteiger partial charge in [0, 0.05) is 15.1 Å². The molecule has 0 radical (unpaired) electrons. The molecule has 0 heterocycles. The Morgan fingerprint density at radius 1 is 1.18 bits per heavy atom. The molecule has 17 heavy (non-hydrogen) atoms. The van der Waals surface area contributed by atoms with Gasteiger partial charge >= 0.3 is 0 Å². The maximum Gasteiger partial charge on any atom is 0.0577 e. The molecular weight excluding hydrogens is 298 g/mol. The van der Waals surface area contributed by atoms with Gasteiger partial charge in [0.2, 0.25) is 0 Å². The van der Waals surface area contributed by atoms with Gasteiger partial charge in [-0.2, -0.15) is 0 Å². The van der Waals surface area contributed by atoms with Gasteiger partial charge in [0.25, 0.3) is 0 Å². The monoisotopic (exact) mass is 309 g/mol. The molecule has 0 aromatic heterocycles. The summed E-state index contributed by atoms with van der Waals surface area (Å²) in [5.41, 5.74) is 9.47. The zero-order valence-corrected chi connectivity index (χ0v) is 11.8. The van der Waals surface area contributed by atoms with E-state index in [1.807, 2.05) is 30.3 Å². The highest BCUT2D eigenvalue weighted by molar-refractivity contribution is 9.10. The van der Waals surface area contributed by atoms with Crippen LogP contribution in [0.1, 0.15) is 22.7 Å². The van der Waals surface area contributed by atoms with Crippen LogP contribution in [0.4, 0.5) is 0 Å². The Bertz CT molecular complexity index is 519. The van der Waals surface area contributed by atoms with Crippen LogP contribution >= 0.6 is 27.5 Å². The van der Waals surface area contributed by atoms with Crippen LogP contribution in [0.15, 0.2) is 46.9 Å². The molecule has 0 amide bonds. The van der Waals surface area contributed by atoms with Crippen molar-refractivity contribution in [3.63, 3.8) is 0 Å². The standard InChI is InChI=1S/C14H13BrClN/c1-9-4-2-5-10(8-9)14(17)13-11(15)6-3-7-12(13)16/h2-8,14H,17H2,1H3. The molecule has 3 heteroatoms. The molecule has 88 valence electrons. The van der Waals surface area contributed by atoms with Crippen molar-refractivity contribution in [2.75, 3.05) is 0 Å². The van der Waals surface area contributed by atoms with Gasteiger partial charge in [-0.25, -0.2) is 0 Å². The predicted octanol–water partition coefficient (Wildman–Crippen LogP) is 4.46. The molecule has 2 rings (SSSR count). The first-order valence-electron chi connectivity index (χ1n) is 5.35. The quantitative estimate of drug-likeness (QED) is 0.871. The average molecular weight is 311 g/mol. The highest BCUT2D eigenvalue weighted by atomic mass is 79.9. The van der Waals surface area contributed by atoms with Crippen LogP contribution in [0.3, 0.4) is 0 Å². The van der Waals surface area contributed by atoms with E-state index in [2.05, 4.69) is 35.0 Å². The van der Waals surface area contributed by atoms with Gasteiger partial charge in [0.1, 0.15) is 0 Å². The van der Waals surface area contributed by atoms with Crippen molar-refractivity contribution >= 4 is 27.5 Å². The number of aryl methyl sites for hydroxylation is 1. The second-order valence-electron chi connectivity index (χ2n) is 4.03. The zero-order chi connectivity index (χ0) is 12.4. The normalized spacial score (nSPS) is 12.5. The zero-order valence-electron chi connectivity index (χ0n) is 9.45. The molecule has 0 spiro atoms. The molecule has 2 N–H and O–H groups in total. The fraction of sp³-hybridized carbons (Fsp3) is 0.143. The summed E-state index contributed by atoms with van der Waals surface area (Å²) >= 11 is 9.70. The van der Waals surface area contributed by atoms with Gasteiger partial charge in [-0.15, -0.1) is 0 Å². The van der Waals surface area contributed by atoms with Crippen LogP contribution in [0.5, 0.6) is 0 Å². The molecular formula is C14H13BrClN. The molecule has 0 aliphatic heterocycles. The molecule has 0 aliphatic rings. The van der Waals surface area contributed by atoms with Crippen LogP contribution in [-0.2, 0) is 0 Å². The maximum absolute atomic E-state index is 6.27. The number of halogens is 2. The average Bonchev–Trinajstić information content (AvgIpc) is 2.28. The Morgan fingerprint density at radius 2 is 1.88 bits per heavy atom. The van der Waals surface area contributed by atoms with Crippen LogP contribution in [-0.4, -0.2) is 0 Å². The largest absolute Gasteiger partial charge is 0.320 e. The highest BCUT2D eigenvalue weighted by Crippen LogP contribution is 2.32. The minimum Gasteiger partial charge on any atom is -0.320 e. The Labute approximate surface area is 115 Å². The summed E-state index contributed by atoms with van der Waals surface area (Å²) in [5.74, 6) is 0.